The molecule has 1 aliphatic rings. The average Bonchev–Trinajstić information content (AvgIpc) is 3.26. The molecule has 5 rings (SSSR count). The number of anilines is 1. The molecule has 9 nitrogen and oxygen atoms in total. The Kier molecular flexibility index (Phi) is 5.40. The lowest BCUT2D eigenvalue weighted by atomic mass is 10.1. The van der Waals surface area contributed by atoms with E-state index >= 15 is 0 Å². The highest BCUT2D eigenvalue weighted by molar-refractivity contribution is 5.97. The van der Waals surface area contributed by atoms with E-state index in [2.05, 4.69) is 26.9 Å². The van der Waals surface area contributed by atoms with Gasteiger partial charge in [-0.15, -0.1) is 0 Å². The van der Waals surface area contributed by atoms with Crippen LogP contribution in [0.25, 0.3) is 16.9 Å². The molecule has 4 heterocycles. The number of hydrogen-bond acceptors (Lipinski definition) is 6. The van der Waals surface area contributed by atoms with Crippen LogP contribution in [0.4, 0.5) is 5.82 Å². The summed E-state index contributed by atoms with van der Waals surface area (Å²) in [5.41, 5.74) is 9.88. The van der Waals surface area contributed by atoms with Gasteiger partial charge in [-0.1, -0.05) is 18.1 Å². The zero-order valence-electron chi connectivity index (χ0n) is 18.5. The molecule has 0 aliphatic carbocycles. The number of nitrogens with zero attached hydrogens (tertiary/aromatic N) is 6. The second-order valence-electron chi connectivity index (χ2n) is 7.97. The zero-order valence-corrected chi connectivity index (χ0v) is 18.5. The smallest absolute Gasteiger partial charge is 0.254 e. The van der Waals surface area contributed by atoms with Gasteiger partial charge in [0.05, 0.1) is 11.9 Å². The number of imidazole rings is 1. The van der Waals surface area contributed by atoms with E-state index in [1.54, 1.807) is 58.0 Å². The van der Waals surface area contributed by atoms with E-state index in [1.165, 1.54) is 0 Å². The molecule has 168 valence electrons. The number of carbonyl (C=O) groups excluding carboxylic acids is 2. The van der Waals surface area contributed by atoms with Crippen molar-refractivity contribution in [1.82, 2.24) is 29.4 Å². The first-order chi connectivity index (χ1) is 16.5. The number of fused-ring (bicyclic) bond motifs is 1. The van der Waals surface area contributed by atoms with E-state index < -0.39 is 0 Å². The molecule has 1 fully saturated rings. The van der Waals surface area contributed by atoms with Gasteiger partial charge in [-0.3, -0.25) is 9.59 Å². The van der Waals surface area contributed by atoms with E-state index in [1.807, 2.05) is 24.3 Å². The SMILES string of the molecule is CN1CCN(C(=O)c2ccc(-c3ccc4ncc(C#Cc5ccnc(N)c5)n4n3)cc2)CC1=O. The van der Waals surface area contributed by atoms with Crippen molar-refractivity contribution >= 4 is 23.3 Å². The third-order valence-electron chi connectivity index (χ3n) is 5.65. The number of nitrogen functional groups attached to an aromatic ring is 1. The number of amides is 2. The van der Waals surface area contributed by atoms with E-state index in [-0.39, 0.29) is 18.4 Å². The maximum absolute atomic E-state index is 12.8. The van der Waals surface area contributed by atoms with Crippen LogP contribution in [-0.4, -0.2) is 67.9 Å². The second kappa shape index (κ2) is 8.67. The van der Waals surface area contributed by atoms with Crippen molar-refractivity contribution in [3.8, 4) is 23.1 Å². The van der Waals surface area contributed by atoms with Gasteiger partial charge in [0.25, 0.3) is 5.91 Å². The molecule has 0 atom stereocenters. The Bertz CT molecular complexity index is 1460. The van der Waals surface area contributed by atoms with Crippen LogP contribution >= 0.6 is 0 Å². The summed E-state index contributed by atoms with van der Waals surface area (Å²) in [5, 5.41) is 4.69. The monoisotopic (exact) mass is 451 g/mol. The van der Waals surface area contributed by atoms with Crippen molar-refractivity contribution in [3.63, 3.8) is 0 Å². The molecule has 3 aromatic heterocycles. The Labute approximate surface area is 195 Å². The van der Waals surface area contributed by atoms with Crippen molar-refractivity contribution < 1.29 is 9.59 Å². The number of aromatic nitrogens is 4. The third-order valence-corrected chi connectivity index (χ3v) is 5.65. The standard InChI is InChI=1S/C25H21N7O2/c1-30-12-13-31(16-24(30)33)25(34)19-5-3-18(4-6-19)21-8-9-23-28-15-20(32(23)29-21)7-2-17-10-11-27-22(26)14-17/h3-6,8-11,14-15H,12-13,16H2,1H3,(H2,26,27). The molecular formula is C25H21N7O2. The van der Waals surface area contributed by atoms with Crippen LogP contribution in [0.2, 0.25) is 0 Å². The highest BCUT2D eigenvalue weighted by Crippen LogP contribution is 2.20. The number of rotatable bonds is 2. The lowest BCUT2D eigenvalue weighted by molar-refractivity contribution is -0.133. The zero-order chi connectivity index (χ0) is 23.7. The molecule has 1 aliphatic heterocycles. The number of hydrogen-bond donors (Lipinski definition) is 1. The molecule has 2 N–H and O–H groups in total. The largest absolute Gasteiger partial charge is 0.384 e. The predicted octanol–water partition coefficient (Wildman–Crippen LogP) is 1.69. The fourth-order valence-electron chi connectivity index (χ4n) is 3.67. The van der Waals surface area contributed by atoms with Gasteiger partial charge in [0.2, 0.25) is 5.91 Å². The Morgan fingerprint density at radius 1 is 1.03 bits per heavy atom. The van der Waals surface area contributed by atoms with Crippen molar-refractivity contribution in [3.05, 3.63) is 77.7 Å². The summed E-state index contributed by atoms with van der Waals surface area (Å²) < 4.78 is 1.68. The Hall–Kier alpha value is -4.71. The minimum absolute atomic E-state index is 0.0552. The molecule has 4 aromatic rings. The molecule has 1 saturated heterocycles. The summed E-state index contributed by atoms with van der Waals surface area (Å²) in [5.74, 6) is 6.34. The van der Waals surface area contributed by atoms with Gasteiger partial charge in [-0.05, 0) is 42.3 Å². The second-order valence-corrected chi connectivity index (χ2v) is 7.97. The fraction of sp³-hybridized carbons (Fsp3) is 0.160. The van der Waals surface area contributed by atoms with Crippen molar-refractivity contribution in [2.75, 3.05) is 32.4 Å². The summed E-state index contributed by atoms with van der Waals surface area (Å²) in [4.78, 5) is 36.3. The van der Waals surface area contributed by atoms with Gasteiger partial charge in [0.1, 0.15) is 18.1 Å². The summed E-state index contributed by atoms with van der Waals surface area (Å²) in [6.45, 7) is 1.17. The predicted molar refractivity (Wildman–Crippen MR) is 127 cm³/mol. The summed E-state index contributed by atoms with van der Waals surface area (Å²) >= 11 is 0. The van der Waals surface area contributed by atoms with Gasteiger partial charge in [0.15, 0.2) is 5.65 Å². The van der Waals surface area contributed by atoms with E-state index in [9.17, 15) is 9.59 Å². The van der Waals surface area contributed by atoms with Crippen LogP contribution in [-0.2, 0) is 4.79 Å². The van der Waals surface area contributed by atoms with Gasteiger partial charge >= 0.3 is 0 Å². The Morgan fingerprint density at radius 2 is 1.85 bits per heavy atom. The molecule has 0 radical (unpaired) electrons. The highest BCUT2D eigenvalue weighted by atomic mass is 16.2. The highest BCUT2D eigenvalue weighted by Gasteiger charge is 2.25. The van der Waals surface area contributed by atoms with Gasteiger partial charge in [0, 0.05) is 43.0 Å². The number of likely N-dealkylation sites (N-methyl/N-ethyl adjacent to an activating group) is 1. The number of carbonyl (C=O) groups is 2. The molecule has 34 heavy (non-hydrogen) atoms. The molecule has 0 unspecified atom stereocenters. The minimum atomic E-state index is -0.152. The first kappa shape index (κ1) is 21.2. The van der Waals surface area contributed by atoms with Crippen LogP contribution in [0.15, 0.2) is 60.9 Å². The van der Waals surface area contributed by atoms with Gasteiger partial charge < -0.3 is 15.5 Å². The summed E-state index contributed by atoms with van der Waals surface area (Å²) in [7, 11) is 1.75. The van der Waals surface area contributed by atoms with Crippen LogP contribution in [0.1, 0.15) is 21.6 Å². The lowest BCUT2D eigenvalue weighted by Crippen LogP contribution is -2.50. The third kappa shape index (κ3) is 4.17. The van der Waals surface area contributed by atoms with E-state index in [4.69, 9.17) is 5.73 Å². The Balaban J connectivity index is 1.39. The number of pyridine rings is 1. The normalized spacial score (nSPS) is 13.6. The van der Waals surface area contributed by atoms with E-state index in [0.717, 1.165) is 16.8 Å². The first-order valence-corrected chi connectivity index (χ1v) is 10.7. The maximum atomic E-state index is 12.8. The minimum Gasteiger partial charge on any atom is -0.384 e. The topological polar surface area (TPSA) is 110 Å². The molecule has 0 spiro atoms. The molecule has 2 amide bonds. The fourth-order valence-corrected chi connectivity index (χ4v) is 3.67. The molecular weight excluding hydrogens is 430 g/mol. The quantitative estimate of drug-likeness (QED) is 0.465. The Morgan fingerprint density at radius 3 is 2.62 bits per heavy atom. The van der Waals surface area contributed by atoms with E-state index in [0.29, 0.717) is 35.8 Å². The summed E-state index contributed by atoms with van der Waals surface area (Å²) in [6.07, 6.45) is 3.28. The molecule has 1 aromatic carbocycles. The van der Waals surface area contributed by atoms with Crippen molar-refractivity contribution in [1.29, 1.82) is 0 Å². The van der Waals surface area contributed by atoms with Crippen molar-refractivity contribution in [2.24, 2.45) is 0 Å². The van der Waals surface area contributed by atoms with Gasteiger partial charge in [-0.2, -0.15) is 5.10 Å². The number of piperazine rings is 1. The average molecular weight is 451 g/mol. The van der Waals surface area contributed by atoms with Crippen LogP contribution < -0.4 is 5.73 Å². The number of benzene rings is 1. The van der Waals surface area contributed by atoms with Crippen LogP contribution in [0.5, 0.6) is 0 Å². The molecule has 0 saturated carbocycles. The van der Waals surface area contributed by atoms with Gasteiger partial charge in [-0.25, -0.2) is 14.5 Å². The van der Waals surface area contributed by atoms with Crippen molar-refractivity contribution in [2.45, 2.75) is 0 Å². The van der Waals surface area contributed by atoms with Crippen LogP contribution in [0.3, 0.4) is 0 Å². The molecule has 0 bridgehead atoms. The lowest BCUT2D eigenvalue weighted by Gasteiger charge is -2.32. The maximum Gasteiger partial charge on any atom is 0.254 e. The molecule has 9 heteroatoms. The van der Waals surface area contributed by atoms with Crippen LogP contribution in [0, 0.1) is 11.8 Å². The number of nitrogens with two attached hydrogens (primary N) is 1. The first-order valence-electron chi connectivity index (χ1n) is 10.7. The summed E-state index contributed by atoms with van der Waals surface area (Å²) in [6, 6.07) is 14.4.